The maximum atomic E-state index is 3.55. The Balaban J connectivity index is 1.80. The highest BCUT2D eigenvalue weighted by Gasteiger charge is 2.16. The van der Waals surface area contributed by atoms with Crippen molar-refractivity contribution in [1.29, 1.82) is 0 Å². The summed E-state index contributed by atoms with van der Waals surface area (Å²) in [6.45, 7) is 3.60. The maximum absolute atomic E-state index is 3.55. The smallest absolute Gasteiger partial charge is 0.0341 e. The Morgan fingerprint density at radius 1 is 1.35 bits per heavy atom. The molecule has 0 saturated carbocycles. The molecular weight excluding hydrogens is 228 g/mol. The minimum atomic E-state index is 0.800. The molecule has 1 aliphatic heterocycles. The summed E-state index contributed by atoms with van der Waals surface area (Å²) in [5, 5.41) is 3.55. The highest BCUT2D eigenvalue weighted by Crippen LogP contribution is 2.19. The first kappa shape index (κ1) is 12.8. The van der Waals surface area contributed by atoms with E-state index in [-0.39, 0.29) is 0 Å². The van der Waals surface area contributed by atoms with Gasteiger partial charge in [-0.1, -0.05) is 0 Å². The first-order valence-corrected chi connectivity index (χ1v) is 7.57. The predicted molar refractivity (Wildman–Crippen MR) is 76.9 cm³/mol. The third-order valence-corrected chi connectivity index (χ3v) is 4.15. The Kier molecular flexibility index (Phi) is 4.75. The second-order valence-electron chi connectivity index (χ2n) is 4.88. The van der Waals surface area contributed by atoms with E-state index >= 15 is 0 Å². The van der Waals surface area contributed by atoms with Gasteiger partial charge >= 0.3 is 0 Å². The average Bonchev–Trinajstić information content (AvgIpc) is 2.37. The second-order valence-corrected chi connectivity index (χ2v) is 5.76. The van der Waals surface area contributed by atoms with Crippen molar-refractivity contribution in [2.75, 3.05) is 38.3 Å². The Morgan fingerprint density at radius 2 is 2.12 bits per heavy atom. The molecule has 94 valence electrons. The molecule has 0 amide bonds. The van der Waals surface area contributed by atoms with Crippen LogP contribution < -0.4 is 5.32 Å². The van der Waals surface area contributed by atoms with Crippen molar-refractivity contribution in [1.82, 2.24) is 4.90 Å². The molecule has 1 aromatic rings. The Morgan fingerprint density at radius 3 is 2.76 bits per heavy atom. The van der Waals surface area contributed by atoms with Crippen molar-refractivity contribution < 1.29 is 0 Å². The Labute approximate surface area is 109 Å². The van der Waals surface area contributed by atoms with Gasteiger partial charge in [-0.15, -0.1) is 11.8 Å². The number of hydrogen-bond acceptors (Lipinski definition) is 3. The Hall–Kier alpha value is -0.670. The molecule has 1 unspecified atom stereocenters. The van der Waals surface area contributed by atoms with Gasteiger partial charge in [0.05, 0.1) is 0 Å². The number of nitrogens with zero attached hydrogens (tertiary/aromatic N) is 1. The number of rotatable bonds is 4. The molecule has 2 rings (SSSR count). The van der Waals surface area contributed by atoms with Crippen molar-refractivity contribution in [3.63, 3.8) is 0 Å². The lowest BCUT2D eigenvalue weighted by Gasteiger charge is -2.29. The number of nitrogens with one attached hydrogen (secondary N) is 1. The summed E-state index contributed by atoms with van der Waals surface area (Å²) in [5.41, 5.74) is 1.25. The standard InChI is InChI=1S/C14H22N2S/c1-16-9-3-4-12(11-16)10-15-13-5-7-14(17-2)8-6-13/h5-8,12,15H,3-4,9-11H2,1-2H3. The van der Waals surface area contributed by atoms with Crippen molar-refractivity contribution >= 4 is 17.4 Å². The van der Waals surface area contributed by atoms with E-state index in [1.165, 1.54) is 36.5 Å². The summed E-state index contributed by atoms with van der Waals surface area (Å²) in [4.78, 5) is 3.76. The molecule has 1 N–H and O–H groups in total. The van der Waals surface area contributed by atoms with Gasteiger partial charge in [-0.2, -0.15) is 0 Å². The molecule has 0 bridgehead atoms. The van der Waals surface area contributed by atoms with Crippen LogP contribution in [-0.4, -0.2) is 37.8 Å². The number of piperidine rings is 1. The minimum absolute atomic E-state index is 0.800. The largest absolute Gasteiger partial charge is 0.385 e. The zero-order valence-corrected chi connectivity index (χ0v) is 11.6. The molecule has 0 aromatic heterocycles. The van der Waals surface area contributed by atoms with Crippen LogP contribution in [0.4, 0.5) is 5.69 Å². The van der Waals surface area contributed by atoms with Gasteiger partial charge in [0.2, 0.25) is 0 Å². The quantitative estimate of drug-likeness (QED) is 0.826. The van der Waals surface area contributed by atoms with Crippen LogP contribution >= 0.6 is 11.8 Å². The summed E-state index contributed by atoms with van der Waals surface area (Å²) in [7, 11) is 2.22. The van der Waals surface area contributed by atoms with Crippen LogP contribution in [0.1, 0.15) is 12.8 Å². The first-order chi connectivity index (χ1) is 8.28. The third-order valence-electron chi connectivity index (χ3n) is 3.41. The average molecular weight is 250 g/mol. The van der Waals surface area contributed by atoms with Crippen LogP contribution in [-0.2, 0) is 0 Å². The van der Waals surface area contributed by atoms with Gasteiger partial charge in [0.1, 0.15) is 0 Å². The number of thioether (sulfide) groups is 1. The molecule has 3 heteroatoms. The molecule has 1 fully saturated rings. The van der Waals surface area contributed by atoms with Crippen LogP contribution in [0.15, 0.2) is 29.2 Å². The summed E-state index contributed by atoms with van der Waals surface area (Å²) >= 11 is 1.79. The Bertz CT molecular complexity index is 337. The molecule has 1 aliphatic rings. The van der Waals surface area contributed by atoms with Crippen molar-refractivity contribution in [3.05, 3.63) is 24.3 Å². The van der Waals surface area contributed by atoms with Crippen LogP contribution in [0.5, 0.6) is 0 Å². The van der Waals surface area contributed by atoms with E-state index in [0.717, 1.165) is 12.5 Å². The van der Waals surface area contributed by atoms with Gasteiger partial charge in [-0.05, 0) is 62.9 Å². The first-order valence-electron chi connectivity index (χ1n) is 6.34. The molecule has 1 saturated heterocycles. The van der Waals surface area contributed by atoms with Crippen LogP contribution in [0.3, 0.4) is 0 Å². The maximum Gasteiger partial charge on any atom is 0.0341 e. The van der Waals surface area contributed by atoms with Crippen LogP contribution in [0.2, 0.25) is 0 Å². The van der Waals surface area contributed by atoms with Gasteiger partial charge in [0, 0.05) is 23.7 Å². The summed E-state index contributed by atoms with van der Waals surface area (Å²) in [6, 6.07) is 8.72. The van der Waals surface area contributed by atoms with E-state index in [9.17, 15) is 0 Å². The SMILES string of the molecule is CSc1ccc(NCC2CCCN(C)C2)cc1. The molecule has 1 aromatic carbocycles. The van der Waals surface area contributed by atoms with E-state index in [4.69, 9.17) is 0 Å². The van der Waals surface area contributed by atoms with E-state index in [0.29, 0.717) is 0 Å². The van der Waals surface area contributed by atoms with Crippen molar-refractivity contribution in [2.45, 2.75) is 17.7 Å². The van der Waals surface area contributed by atoms with E-state index in [2.05, 4.69) is 47.8 Å². The van der Waals surface area contributed by atoms with E-state index in [1.807, 2.05) is 0 Å². The molecule has 1 atom stereocenters. The fourth-order valence-electron chi connectivity index (χ4n) is 2.41. The van der Waals surface area contributed by atoms with Crippen molar-refractivity contribution in [2.24, 2.45) is 5.92 Å². The molecular formula is C14H22N2S. The fourth-order valence-corrected chi connectivity index (χ4v) is 2.82. The van der Waals surface area contributed by atoms with E-state index < -0.39 is 0 Å². The summed E-state index contributed by atoms with van der Waals surface area (Å²) < 4.78 is 0. The molecule has 0 spiro atoms. The topological polar surface area (TPSA) is 15.3 Å². The second kappa shape index (κ2) is 6.31. The number of anilines is 1. The lowest BCUT2D eigenvalue weighted by Crippen LogP contribution is -2.35. The fraction of sp³-hybridized carbons (Fsp3) is 0.571. The normalized spacial score (nSPS) is 21.4. The minimum Gasteiger partial charge on any atom is -0.385 e. The highest BCUT2D eigenvalue weighted by molar-refractivity contribution is 7.98. The number of benzene rings is 1. The van der Waals surface area contributed by atoms with Gasteiger partial charge < -0.3 is 10.2 Å². The zero-order chi connectivity index (χ0) is 12.1. The van der Waals surface area contributed by atoms with Crippen molar-refractivity contribution in [3.8, 4) is 0 Å². The highest BCUT2D eigenvalue weighted by atomic mass is 32.2. The lowest BCUT2D eigenvalue weighted by atomic mass is 9.98. The van der Waals surface area contributed by atoms with E-state index in [1.54, 1.807) is 11.8 Å². The van der Waals surface area contributed by atoms with Gasteiger partial charge in [-0.3, -0.25) is 0 Å². The third kappa shape index (κ3) is 3.93. The monoisotopic (exact) mass is 250 g/mol. The molecule has 2 nitrogen and oxygen atoms in total. The summed E-state index contributed by atoms with van der Waals surface area (Å²) in [5.74, 6) is 0.800. The van der Waals surface area contributed by atoms with Crippen LogP contribution in [0, 0.1) is 5.92 Å². The molecule has 17 heavy (non-hydrogen) atoms. The van der Waals surface area contributed by atoms with Gasteiger partial charge in [0.15, 0.2) is 0 Å². The zero-order valence-electron chi connectivity index (χ0n) is 10.8. The summed E-state index contributed by atoms with van der Waals surface area (Å²) in [6.07, 6.45) is 4.81. The van der Waals surface area contributed by atoms with Gasteiger partial charge in [0.25, 0.3) is 0 Å². The predicted octanol–water partition coefficient (Wildman–Crippen LogP) is 3.16. The number of likely N-dealkylation sites (tertiary alicyclic amines) is 1. The molecule has 0 aliphatic carbocycles. The lowest BCUT2D eigenvalue weighted by molar-refractivity contribution is 0.217. The van der Waals surface area contributed by atoms with Gasteiger partial charge in [-0.25, -0.2) is 0 Å². The molecule has 1 heterocycles. The molecule has 0 radical (unpaired) electrons. The number of hydrogen-bond donors (Lipinski definition) is 1. The van der Waals surface area contributed by atoms with Crippen LogP contribution in [0.25, 0.3) is 0 Å².